The molecule has 0 amide bonds. The maximum atomic E-state index is 5.46. The monoisotopic (exact) mass is 209 g/mol. The molecule has 0 saturated carbocycles. The van der Waals surface area contributed by atoms with E-state index in [1.807, 2.05) is 6.33 Å². The molecule has 1 aromatic rings. The first kappa shape index (κ1) is 10.6. The highest BCUT2D eigenvalue weighted by molar-refractivity contribution is 4.89. The Kier molecular flexibility index (Phi) is 3.69. The van der Waals surface area contributed by atoms with E-state index in [1.54, 1.807) is 0 Å². The molecule has 15 heavy (non-hydrogen) atoms. The molecular formula is C10H19N5. The fraction of sp³-hybridized carbons (Fsp3) is 0.800. The number of nitrogens with zero attached hydrogens (tertiary/aromatic N) is 4. The molecule has 0 fully saturated rings. The minimum Gasteiger partial charge on any atom is -0.330 e. The molecule has 0 unspecified atom stereocenters. The summed E-state index contributed by atoms with van der Waals surface area (Å²) in [5.41, 5.74) is 5.46. The summed E-state index contributed by atoms with van der Waals surface area (Å²) in [5.74, 6) is 1.10. The van der Waals surface area contributed by atoms with Gasteiger partial charge in [-0.15, -0.1) is 10.2 Å². The second-order valence-corrected chi connectivity index (χ2v) is 4.07. The van der Waals surface area contributed by atoms with Crippen molar-refractivity contribution in [3.8, 4) is 0 Å². The topological polar surface area (TPSA) is 60.0 Å². The fourth-order valence-corrected chi connectivity index (χ4v) is 1.96. The van der Waals surface area contributed by atoms with Crippen LogP contribution in [0.3, 0.4) is 0 Å². The molecule has 0 saturated heterocycles. The Balaban J connectivity index is 1.73. The summed E-state index contributed by atoms with van der Waals surface area (Å²) < 4.78 is 2.14. The van der Waals surface area contributed by atoms with Gasteiger partial charge in [0, 0.05) is 13.1 Å². The van der Waals surface area contributed by atoms with E-state index in [4.69, 9.17) is 5.73 Å². The quantitative estimate of drug-likeness (QED) is 0.705. The van der Waals surface area contributed by atoms with Gasteiger partial charge in [-0.1, -0.05) is 6.42 Å². The van der Waals surface area contributed by atoms with Gasteiger partial charge in [-0.3, -0.25) is 4.90 Å². The summed E-state index contributed by atoms with van der Waals surface area (Å²) in [6.07, 6.45) is 5.44. The van der Waals surface area contributed by atoms with Crippen LogP contribution >= 0.6 is 0 Å². The van der Waals surface area contributed by atoms with Crippen molar-refractivity contribution >= 4 is 0 Å². The number of nitrogens with two attached hydrogens (primary N) is 1. The van der Waals surface area contributed by atoms with E-state index in [0.717, 1.165) is 45.0 Å². The van der Waals surface area contributed by atoms with Crippen LogP contribution in [0.15, 0.2) is 6.33 Å². The molecule has 1 aromatic heterocycles. The molecule has 2 heterocycles. The van der Waals surface area contributed by atoms with Gasteiger partial charge >= 0.3 is 0 Å². The first-order valence-electron chi connectivity index (χ1n) is 5.69. The van der Waals surface area contributed by atoms with Crippen LogP contribution in [0.2, 0.25) is 0 Å². The lowest BCUT2D eigenvalue weighted by Gasteiger charge is -2.26. The molecule has 0 atom stereocenters. The largest absolute Gasteiger partial charge is 0.330 e. The minimum absolute atomic E-state index is 0.814. The first-order chi connectivity index (χ1) is 7.40. The smallest absolute Gasteiger partial charge is 0.147 e. The van der Waals surface area contributed by atoms with Gasteiger partial charge in [0.1, 0.15) is 12.2 Å². The van der Waals surface area contributed by atoms with Crippen molar-refractivity contribution < 1.29 is 0 Å². The van der Waals surface area contributed by atoms with Gasteiger partial charge in [0.15, 0.2) is 0 Å². The highest BCUT2D eigenvalue weighted by Crippen LogP contribution is 2.09. The summed E-state index contributed by atoms with van der Waals surface area (Å²) >= 11 is 0. The Labute approximate surface area is 90.3 Å². The normalized spacial score (nSPS) is 16.6. The Bertz CT molecular complexity index is 296. The third-order valence-electron chi connectivity index (χ3n) is 2.90. The number of aromatic nitrogens is 3. The van der Waals surface area contributed by atoms with Crippen molar-refractivity contribution in [2.24, 2.45) is 5.73 Å². The minimum atomic E-state index is 0.814. The molecule has 0 aromatic carbocycles. The first-order valence-corrected chi connectivity index (χ1v) is 5.69. The Morgan fingerprint density at radius 1 is 1.27 bits per heavy atom. The lowest BCUT2D eigenvalue weighted by Crippen LogP contribution is -2.34. The standard InChI is InChI=1S/C10H19N5/c11-4-2-1-3-5-14-6-7-15-9-12-13-10(15)8-14/h9H,1-8,11H2. The van der Waals surface area contributed by atoms with Crippen LogP contribution < -0.4 is 5.73 Å². The number of unbranched alkanes of at least 4 members (excludes halogenated alkanes) is 2. The molecule has 5 nitrogen and oxygen atoms in total. The molecule has 5 heteroatoms. The number of hydrogen-bond donors (Lipinski definition) is 1. The zero-order valence-corrected chi connectivity index (χ0v) is 9.10. The van der Waals surface area contributed by atoms with Crippen molar-refractivity contribution in [2.75, 3.05) is 19.6 Å². The third-order valence-corrected chi connectivity index (χ3v) is 2.90. The average Bonchev–Trinajstić information content (AvgIpc) is 2.71. The molecule has 0 aliphatic carbocycles. The highest BCUT2D eigenvalue weighted by atomic mass is 15.3. The van der Waals surface area contributed by atoms with Crippen molar-refractivity contribution in [3.05, 3.63) is 12.2 Å². The SMILES string of the molecule is NCCCCCN1CCn2cnnc2C1. The van der Waals surface area contributed by atoms with E-state index in [1.165, 1.54) is 12.8 Å². The zero-order valence-electron chi connectivity index (χ0n) is 9.10. The van der Waals surface area contributed by atoms with Crippen LogP contribution in [0.4, 0.5) is 0 Å². The molecule has 84 valence electrons. The molecule has 1 aliphatic rings. The maximum absolute atomic E-state index is 5.46. The second kappa shape index (κ2) is 5.23. The summed E-state index contributed by atoms with van der Waals surface area (Å²) in [5, 5.41) is 8.02. The number of fused-ring (bicyclic) bond motifs is 1. The molecule has 0 spiro atoms. The lowest BCUT2D eigenvalue weighted by atomic mass is 10.2. The zero-order chi connectivity index (χ0) is 10.5. The van der Waals surface area contributed by atoms with Crippen LogP contribution in [0.5, 0.6) is 0 Å². The summed E-state index contributed by atoms with van der Waals surface area (Å²) in [7, 11) is 0. The van der Waals surface area contributed by atoms with E-state index in [-0.39, 0.29) is 0 Å². The van der Waals surface area contributed by atoms with Gasteiger partial charge in [-0.05, 0) is 25.9 Å². The molecule has 2 rings (SSSR count). The van der Waals surface area contributed by atoms with Gasteiger partial charge < -0.3 is 10.3 Å². The molecule has 0 radical (unpaired) electrons. The number of rotatable bonds is 5. The highest BCUT2D eigenvalue weighted by Gasteiger charge is 2.16. The number of hydrogen-bond acceptors (Lipinski definition) is 4. The van der Waals surface area contributed by atoms with E-state index in [9.17, 15) is 0 Å². The third kappa shape index (κ3) is 2.76. The van der Waals surface area contributed by atoms with E-state index in [2.05, 4.69) is 19.7 Å². The van der Waals surface area contributed by atoms with Gasteiger partial charge in [0.05, 0.1) is 6.54 Å². The van der Waals surface area contributed by atoms with Crippen LogP contribution in [0, 0.1) is 0 Å². The van der Waals surface area contributed by atoms with Crippen molar-refractivity contribution in [2.45, 2.75) is 32.4 Å². The van der Waals surface area contributed by atoms with E-state index >= 15 is 0 Å². The average molecular weight is 209 g/mol. The molecule has 1 aliphatic heterocycles. The van der Waals surface area contributed by atoms with Crippen LogP contribution in [0.1, 0.15) is 25.1 Å². The second-order valence-electron chi connectivity index (χ2n) is 4.07. The lowest BCUT2D eigenvalue weighted by molar-refractivity contribution is 0.213. The predicted octanol–water partition coefficient (Wildman–Crippen LogP) is 0.223. The maximum Gasteiger partial charge on any atom is 0.147 e. The van der Waals surface area contributed by atoms with Gasteiger partial charge in [-0.2, -0.15) is 0 Å². The van der Waals surface area contributed by atoms with Crippen LogP contribution in [0.25, 0.3) is 0 Å². The van der Waals surface area contributed by atoms with Gasteiger partial charge in [-0.25, -0.2) is 0 Å². The summed E-state index contributed by atoms with van der Waals surface area (Å²) in [6, 6.07) is 0. The summed E-state index contributed by atoms with van der Waals surface area (Å²) in [4.78, 5) is 2.44. The molecular weight excluding hydrogens is 190 g/mol. The van der Waals surface area contributed by atoms with Gasteiger partial charge in [0.2, 0.25) is 0 Å². The van der Waals surface area contributed by atoms with Crippen molar-refractivity contribution in [3.63, 3.8) is 0 Å². The Hall–Kier alpha value is -0.940. The van der Waals surface area contributed by atoms with Crippen LogP contribution in [-0.2, 0) is 13.1 Å². The van der Waals surface area contributed by atoms with Crippen molar-refractivity contribution in [1.82, 2.24) is 19.7 Å². The van der Waals surface area contributed by atoms with E-state index < -0.39 is 0 Å². The molecule has 0 bridgehead atoms. The molecule has 2 N–H and O–H groups in total. The Morgan fingerprint density at radius 2 is 2.20 bits per heavy atom. The van der Waals surface area contributed by atoms with Crippen molar-refractivity contribution in [1.29, 1.82) is 0 Å². The predicted molar refractivity (Wildman–Crippen MR) is 58.2 cm³/mol. The van der Waals surface area contributed by atoms with Gasteiger partial charge in [0.25, 0.3) is 0 Å². The fourth-order valence-electron chi connectivity index (χ4n) is 1.96. The Morgan fingerprint density at radius 3 is 3.07 bits per heavy atom. The summed E-state index contributed by atoms with van der Waals surface area (Å²) in [6.45, 7) is 5.07. The van der Waals surface area contributed by atoms with Crippen LogP contribution in [-0.4, -0.2) is 39.3 Å². The van der Waals surface area contributed by atoms with E-state index in [0.29, 0.717) is 0 Å².